The summed E-state index contributed by atoms with van der Waals surface area (Å²) in [5.74, 6) is -0.309. The maximum absolute atomic E-state index is 12.1. The third kappa shape index (κ3) is 5.14. The minimum Gasteiger partial charge on any atom is -0.351 e. The Labute approximate surface area is 174 Å². The summed E-state index contributed by atoms with van der Waals surface area (Å²) < 4.78 is 1.93. The van der Waals surface area contributed by atoms with Crippen LogP contribution in [-0.2, 0) is 16.1 Å². The van der Waals surface area contributed by atoms with E-state index < -0.39 is 0 Å². The molecule has 0 saturated carbocycles. The Balaban J connectivity index is 1.57. The summed E-state index contributed by atoms with van der Waals surface area (Å²) in [7, 11) is 0. The van der Waals surface area contributed by atoms with Crippen molar-refractivity contribution in [3.8, 4) is 0 Å². The third-order valence-electron chi connectivity index (χ3n) is 4.77. The van der Waals surface area contributed by atoms with Crippen LogP contribution in [-0.4, -0.2) is 50.6 Å². The molecule has 8 heteroatoms. The zero-order valence-corrected chi connectivity index (χ0v) is 17.6. The molecule has 0 radical (unpaired) electrons. The van der Waals surface area contributed by atoms with E-state index >= 15 is 0 Å². The second kappa shape index (κ2) is 9.09. The molecule has 1 aromatic carbocycles. The van der Waals surface area contributed by atoms with Gasteiger partial charge >= 0.3 is 0 Å². The number of thioether (sulfide) groups is 1. The van der Waals surface area contributed by atoms with Gasteiger partial charge in [0.2, 0.25) is 11.8 Å². The lowest BCUT2D eigenvalue weighted by Gasteiger charge is -2.12. The van der Waals surface area contributed by atoms with E-state index in [2.05, 4.69) is 41.6 Å². The summed E-state index contributed by atoms with van der Waals surface area (Å²) in [6.45, 7) is 7.04. The van der Waals surface area contributed by atoms with Crippen molar-refractivity contribution >= 4 is 34.9 Å². The predicted octanol–water partition coefficient (Wildman–Crippen LogP) is 2.68. The van der Waals surface area contributed by atoms with Crippen LogP contribution < -0.4 is 5.32 Å². The van der Waals surface area contributed by atoms with Gasteiger partial charge in [-0.15, -0.1) is 0 Å². The standard InChI is InChI=1S/C21H24N4O3S/c1-14-4-6-17(7-5-14)12-25-16(3)18(15(2)23-25)8-9-19(26)22-10-11-24-20(27)13-29-21(24)28/h4-9H,10-13H2,1-3H3,(H,22,26)/b9-8+. The van der Waals surface area contributed by atoms with E-state index in [1.165, 1.54) is 17.2 Å². The minimum atomic E-state index is -0.276. The molecule has 3 amide bonds. The molecule has 152 valence electrons. The Morgan fingerprint density at radius 3 is 2.59 bits per heavy atom. The summed E-state index contributed by atoms with van der Waals surface area (Å²) in [6.07, 6.45) is 3.20. The van der Waals surface area contributed by atoms with E-state index in [1.54, 1.807) is 6.08 Å². The zero-order valence-electron chi connectivity index (χ0n) is 16.8. The van der Waals surface area contributed by atoms with Crippen LogP contribution in [0.1, 0.15) is 28.1 Å². The summed E-state index contributed by atoms with van der Waals surface area (Å²) in [5, 5.41) is 7.03. The first-order chi connectivity index (χ1) is 13.8. The molecule has 2 aromatic rings. The van der Waals surface area contributed by atoms with Crippen molar-refractivity contribution < 1.29 is 14.4 Å². The van der Waals surface area contributed by atoms with Crippen molar-refractivity contribution in [3.63, 3.8) is 0 Å². The van der Waals surface area contributed by atoms with Crippen LogP contribution in [0.3, 0.4) is 0 Å². The van der Waals surface area contributed by atoms with Gasteiger partial charge in [0, 0.05) is 30.4 Å². The lowest BCUT2D eigenvalue weighted by atomic mass is 10.1. The number of imide groups is 1. The van der Waals surface area contributed by atoms with Crippen LogP contribution in [0, 0.1) is 20.8 Å². The van der Waals surface area contributed by atoms with Gasteiger partial charge in [0.15, 0.2) is 0 Å². The molecule has 1 fully saturated rings. The van der Waals surface area contributed by atoms with Gasteiger partial charge in [0.25, 0.3) is 5.24 Å². The SMILES string of the molecule is Cc1ccc(Cn2nc(C)c(/C=C/C(=O)NCCN3C(=O)CSC3=O)c2C)cc1. The van der Waals surface area contributed by atoms with Crippen LogP contribution in [0.15, 0.2) is 30.3 Å². The molecule has 1 aliphatic rings. The number of carbonyl (C=O) groups is 3. The molecule has 1 aromatic heterocycles. The monoisotopic (exact) mass is 412 g/mol. The number of hydrogen-bond donors (Lipinski definition) is 1. The summed E-state index contributed by atoms with van der Waals surface area (Å²) in [6, 6.07) is 8.33. The van der Waals surface area contributed by atoms with E-state index in [4.69, 9.17) is 0 Å². The number of rotatable bonds is 7. The second-order valence-electron chi connectivity index (χ2n) is 6.95. The quantitative estimate of drug-likeness (QED) is 0.707. The normalized spacial score (nSPS) is 14.2. The van der Waals surface area contributed by atoms with E-state index in [-0.39, 0.29) is 35.9 Å². The third-order valence-corrected chi connectivity index (χ3v) is 5.63. The molecule has 1 N–H and O–H groups in total. The predicted molar refractivity (Wildman–Crippen MR) is 114 cm³/mol. The fraction of sp³-hybridized carbons (Fsp3) is 0.333. The molecule has 2 heterocycles. The van der Waals surface area contributed by atoms with Crippen LogP contribution in [0.25, 0.3) is 6.08 Å². The number of nitrogens with zero attached hydrogens (tertiary/aromatic N) is 3. The van der Waals surface area contributed by atoms with Crippen molar-refractivity contribution in [1.29, 1.82) is 0 Å². The van der Waals surface area contributed by atoms with E-state index in [0.29, 0.717) is 6.54 Å². The lowest BCUT2D eigenvalue weighted by Crippen LogP contribution is -2.37. The first-order valence-corrected chi connectivity index (χ1v) is 10.4. The van der Waals surface area contributed by atoms with Gasteiger partial charge in [-0.2, -0.15) is 5.10 Å². The van der Waals surface area contributed by atoms with Gasteiger partial charge in [-0.3, -0.25) is 24.0 Å². The van der Waals surface area contributed by atoms with Gasteiger partial charge in [-0.1, -0.05) is 41.6 Å². The van der Waals surface area contributed by atoms with Gasteiger partial charge in [-0.25, -0.2) is 0 Å². The molecule has 29 heavy (non-hydrogen) atoms. The Morgan fingerprint density at radius 2 is 1.93 bits per heavy atom. The van der Waals surface area contributed by atoms with Crippen LogP contribution in [0.2, 0.25) is 0 Å². The number of benzene rings is 1. The molecular weight excluding hydrogens is 388 g/mol. The average molecular weight is 413 g/mol. The highest BCUT2D eigenvalue weighted by molar-refractivity contribution is 8.14. The molecule has 1 saturated heterocycles. The second-order valence-corrected chi connectivity index (χ2v) is 7.88. The highest BCUT2D eigenvalue weighted by Crippen LogP contribution is 2.18. The molecule has 0 aliphatic carbocycles. The van der Waals surface area contributed by atoms with Crippen LogP contribution in [0.4, 0.5) is 4.79 Å². The van der Waals surface area contributed by atoms with Crippen molar-refractivity contribution in [2.24, 2.45) is 0 Å². The maximum atomic E-state index is 12.1. The van der Waals surface area contributed by atoms with Gasteiger partial charge in [0.05, 0.1) is 18.0 Å². The van der Waals surface area contributed by atoms with Gasteiger partial charge in [-0.05, 0) is 32.4 Å². The fourth-order valence-corrected chi connectivity index (χ4v) is 3.83. The van der Waals surface area contributed by atoms with E-state index in [9.17, 15) is 14.4 Å². The minimum absolute atomic E-state index is 0.178. The molecule has 7 nitrogen and oxygen atoms in total. The smallest absolute Gasteiger partial charge is 0.288 e. The highest BCUT2D eigenvalue weighted by Gasteiger charge is 2.29. The molecule has 0 atom stereocenters. The molecule has 3 rings (SSSR count). The van der Waals surface area contributed by atoms with Crippen LogP contribution in [0.5, 0.6) is 0 Å². The number of carbonyl (C=O) groups excluding carboxylic acids is 3. The molecule has 0 unspecified atom stereocenters. The first kappa shape index (κ1) is 20.9. The molecule has 0 spiro atoms. The van der Waals surface area contributed by atoms with Crippen molar-refractivity contribution in [2.45, 2.75) is 27.3 Å². The summed E-state index contributed by atoms with van der Waals surface area (Å²) in [5.41, 5.74) is 5.13. The number of aromatic nitrogens is 2. The Kier molecular flexibility index (Phi) is 6.53. The van der Waals surface area contributed by atoms with Gasteiger partial charge in [0.1, 0.15) is 0 Å². The average Bonchev–Trinajstić information content (AvgIpc) is 3.14. The van der Waals surface area contributed by atoms with Crippen molar-refractivity contribution in [2.75, 3.05) is 18.8 Å². The summed E-state index contributed by atoms with van der Waals surface area (Å²) >= 11 is 0.988. The molecule has 0 bridgehead atoms. The number of hydrogen-bond acceptors (Lipinski definition) is 5. The Morgan fingerprint density at radius 1 is 1.21 bits per heavy atom. The number of amides is 3. The van der Waals surface area contributed by atoms with Gasteiger partial charge < -0.3 is 5.32 Å². The van der Waals surface area contributed by atoms with Crippen molar-refractivity contribution in [1.82, 2.24) is 20.0 Å². The van der Waals surface area contributed by atoms with E-state index in [1.807, 2.05) is 18.5 Å². The Bertz CT molecular complexity index is 947. The lowest BCUT2D eigenvalue weighted by molar-refractivity contribution is -0.125. The maximum Gasteiger partial charge on any atom is 0.288 e. The van der Waals surface area contributed by atoms with Crippen molar-refractivity contribution in [3.05, 3.63) is 58.4 Å². The fourth-order valence-electron chi connectivity index (χ4n) is 3.08. The molecule has 1 aliphatic heterocycles. The number of nitrogens with one attached hydrogen (secondary N) is 1. The topological polar surface area (TPSA) is 84.3 Å². The van der Waals surface area contributed by atoms with Crippen LogP contribution >= 0.6 is 11.8 Å². The Hall–Kier alpha value is -2.87. The summed E-state index contributed by atoms with van der Waals surface area (Å²) in [4.78, 5) is 36.3. The first-order valence-electron chi connectivity index (χ1n) is 9.37. The highest BCUT2D eigenvalue weighted by atomic mass is 32.2. The van der Waals surface area contributed by atoms with E-state index in [0.717, 1.165) is 33.6 Å². The molecular formula is C21H24N4O3S. The zero-order chi connectivity index (χ0) is 21.0. The largest absolute Gasteiger partial charge is 0.351 e. The number of aryl methyl sites for hydroxylation is 2.